The summed E-state index contributed by atoms with van der Waals surface area (Å²) in [4.78, 5) is 11.9. The van der Waals surface area contributed by atoms with Crippen molar-refractivity contribution in [1.29, 1.82) is 0 Å². The highest BCUT2D eigenvalue weighted by molar-refractivity contribution is 5.76. The molecule has 1 N–H and O–H groups in total. The summed E-state index contributed by atoms with van der Waals surface area (Å²) in [6.07, 6.45) is 3.37. The van der Waals surface area contributed by atoms with Crippen LogP contribution in [0.25, 0.3) is 0 Å². The number of hydrogen-bond donors (Lipinski definition) is 1. The highest BCUT2D eigenvalue weighted by atomic mass is 16.1. The summed E-state index contributed by atoms with van der Waals surface area (Å²) in [5.74, 6) is 0.697. The predicted molar refractivity (Wildman–Crippen MR) is 96.6 cm³/mol. The molecular formula is C21H27NO. The Morgan fingerprint density at radius 3 is 2.22 bits per heavy atom. The molecule has 0 aromatic heterocycles. The molecule has 2 aromatic carbocycles. The highest BCUT2D eigenvalue weighted by Crippen LogP contribution is 2.15. The van der Waals surface area contributed by atoms with Gasteiger partial charge in [0.1, 0.15) is 0 Å². The SMILES string of the molecule is CC(C)c1ccc(CCC(=O)NCCCc2ccccc2)cc1. The second kappa shape index (κ2) is 9.14. The van der Waals surface area contributed by atoms with E-state index in [2.05, 4.69) is 67.7 Å². The van der Waals surface area contributed by atoms with Gasteiger partial charge in [0.2, 0.25) is 5.91 Å². The Kier molecular flexibility index (Phi) is 6.86. The third-order valence-electron chi connectivity index (χ3n) is 4.09. The van der Waals surface area contributed by atoms with Gasteiger partial charge < -0.3 is 5.32 Å². The summed E-state index contributed by atoms with van der Waals surface area (Å²) in [6.45, 7) is 5.13. The second-order valence-electron chi connectivity index (χ2n) is 6.34. The first kappa shape index (κ1) is 17.3. The van der Waals surface area contributed by atoms with Crippen LogP contribution < -0.4 is 5.32 Å². The van der Waals surface area contributed by atoms with E-state index in [0.29, 0.717) is 12.3 Å². The summed E-state index contributed by atoms with van der Waals surface area (Å²) in [5, 5.41) is 3.01. The van der Waals surface area contributed by atoms with Crippen LogP contribution in [0.5, 0.6) is 0 Å². The number of aryl methyl sites for hydroxylation is 2. The summed E-state index contributed by atoms with van der Waals surface area (Å²) in [5.41, 5.74) is 3.90. The van der Waals surface area contributed by atoms with Crippen LogP contribution in [0, 0.1) is 0 Å². The molecule has 0 aliphatic heterocycles. The Labute approximate surface area is 139 Å². The lowest BCUT2D eigenvalue weighted by Gasteiger charge is -2.08. The van der Waals surface area contributed by atoms with Crippen molar-refractivity contribution >= 4 is 5.91 Å². The minimum Gasteiger partial charge on any atom is -0.356 e. The van der Waals surface area contributed by atoms with Crippen molar-refractivity contribution in [2.24, 2.45) is 0 Å². The molecule has 1 amide bonds. The van der Waals surface area contributed by atoms with Gasteiger partial charge in [0, 0.05) is 13.0 Å². The normalized spacial score (nSPS) is 10.7. The van der Waals surface area contributed by atoms with Gasteiger partial charge in [-0.15, -0.1) is 0 Å². The van der Waals surface area contributed by atoms with Crippen molar-refractivity contribution in [1.82, 2.24) is 5.32 Å². The van der Waals surface area contributed by atoms with E-state index < -0.39 is 0 Å². The summed E-state index contributed by atoms with van der Waals surface area (Å²) in [6, 6.07) is 19.0. The first-order valence-electron chi connectivity index (χ1n) is 8.54. The van der Waals surface area contributed by atoms with E-state index in [-0.39, 0.29) is 5.91 Å². The zero-order chi connectivity index (χ0) is 16.5. The Morgan fingerprint density at radius 1 is 0.913 bits per heavy atom. The van der Waals surface area contributed by atoms with Crippen LogP contribution in [-0.4, -0.2) is 12.5 Å². The molecule has 0 spiro atoms. The van der Waals surface area contributed by atoms with Gasteiger partial charge >= 0.3 is 0 Å². The first-order valence-corrected chi connectivity index (χ1v) is 8.54. The van der Waals surface area contributed by atoms with Crippen LogP contribution in [0.2, 0.25) is 0 Å². The molecule has 0 aliphatic carbocycles. The van der Waals surface area contributed by atoms with Crippen molar-refractivity contribution in [3.8, 4) is 0 Å². The molecule has 0 bridgehead atoms. The van der Waals surface area contributed by atoms with Crippen molar-refractivity contribution in [3.63, 3.8) is 0 Å². The minimum atomic E-state index is 0.144. The average molecular weight is 309 g/mol. The van der Waals surface area contributed by atoms with Gasteiger partial charge in [-0.1, -0.05) is 68.4 Å². The van der Waals surface area contributed by atoms with Crippen LogP contribution in [0.15, 0.2) is 54.6 Å². The molecule has 0 saturated carbocycles. The monoisotopic (exact) mass is 309 g/mol. The maximum absolute atomic E-state index is 11.9. The van der Waals surface area contributed by atoms with Gasteiger partial charge in [-0.05, 0) is 41.9 Å². The first-order chi connectivity index (χ1) is 11.1. The number of benzene rings is 2. The Balaban J connectivity index is 1.63. The van der Waals surface area contributed by atoms with Crippen molar-refractivity contribution in [2.45, 2.75) is 45.4 Å². The number of hydrogen-bond acceptors (Lipinski definition) is 1. The van der Waals surface area contributed by atoms with Gasteiger partial charge in [-0.2, -0.15) is 0 Å². The van der Waals surface area contributed by atoms with E-state index in [0.717, 1.165) is 25.8 Å². The molecule has 0 heterocycles. The van der Waals surface area contributed by atoms with E-state index in [1.54, 1.807) is 0 Å². The van der Waals surface area contributed by atoms with Crippen LogP contribution in [0.4, 0.5) is 0 Å². The molecule has 2 aromatic rings. The van der Waals surface area contributed by atoms with E-state index in [1.165, 1.54) is 16.7 Å². The van der Waals surface area contributed by atoms with Crippen molar-refractivity contribution < 1.29 is 4.79 Å². The molecule has 0 saturated heterocycles. The average Bonchev–Trinajstić information content (AvgIpc) is 2.58. The number of amides is 1. The second-order valence-corrected chi connectivity index (χ2v) is 6.34. The molecule has 2 heteroatoms. The third-order valence-corrected chi connectivity index (χ3v) is 4.09. The lowest BCUT2D eigenvalue weighted by Crippen LogP contribution is -2.24. The van der Waals surface area contributed by atoms with E-state index in [9.17, 15) is 4.79 Å². The van der Waals surface area contributed by atoms with E-state index in [4.69, 9.17) is 0 Å². The number of nitrogens with one attached hydrogen (secondary N) is 1. The number of rotatable bonds is 8. The van der Waals surface area contributed by atoms with E-state index >= 15 is 0 Å². The standard InChI is InChI=1S/C21H27NO/c1-17(2)20-13-10-19(11-14-20)12-15-21(23)22-16-6-9-18-7-4-3-5-8-18/h3-5,7-8,10-11,13-14,17H,6,9,12,15-16H2,1-2H3,(H,22,23). The lowest BCUT2D eigenvalue weighted by atomic mass is 10.0. The summed E-state index contributed by atoms with van der Waals surface area (Å²) < 4.78 is 0. The molecule has 2 rings (SSSR count). The predicted octanol–water partition coefficient (Wildman–Crippen LogP) is 4.49. The van der Waals surface area contributed by atoms with Gasteiger partial charge in [-0.25, -0.2) is 0 Å². The lowest BCUT2D eigenvalue weighted by molar-refractivity contribution is -0.121. The summed E-state index contributed by atoms with van der Waals surface area (Å²) in [7, 11) is 0. The minimum absolute atomic E-state index is 0.144. The maximum Gasteiger partial charge on any atom is 0.220 e. The van der Waals surface area contributed by atoms with Gasteiger partial charge in [0.25, 0.3) is 0 Å². The van der Waals surface area contributed by atoms with Crippen molar-refractivity contribution in [3.05, 3.63) is 71.3 Å². The fourth-order valence-corrected chi connectivity index (χ4v) is 2.58. The molecule has 0 aliphatic rings. The molecular weight excluding hydrogens is 282 g/mol. The van der Waals surface area contributed by atoms with Crippen molar-refractivity contribution in [2.75, 3.05) is 6.54 Å². The topological polar surface area (TPSA) is 29.1 Å². The molecule has 0 fully saturated rings. The largest absolute Gasteiger partial charge is 0.356 e. The van der Waals surface area contributed by atoms with Crippen LogP contribution >= 0.6 is 0 Å². The van der Waals surface area contributed by atoms with Crippen LogP contribution in [0.3, 0.4) is 0 Å². The van der Waals surface area contributed by atoms with Crippen LogP contribution in [-0.2, 0) is 17.6 Å². The molecule has 0 atom stereocenters. The quantitative estimate of drug-likeness (QED) is 0.715. The smallest absolute Gasteiger partial charge is 0.220 e. The summed E-state index contributed by atoms with van der Waals surface area (Å²) >= 11 is 0. The maximum atomic E-state index is 11.9. The molecule has 0 radical (unpaired) electrons. The molecule has 23 heavy (non-hydrogen) atoms. The third kappa shape index (κ3) is 6.27. The Bertz CT molecular complexity index is 587. The zero-order valence-electron chi connectivity index (χ0n) is 14.2. The van der Waals surface area contributed by atoms with Gasteiger partial charge in [0.05, 0.1) is 0 Å². The van der Waals surface area contributed by atoms with Gasteiger partial charge in [-0.3, -0.25) is 4.79 Å². The molecule has 122 valence electrons. The fraction of sp³-hybridized carbons (Fsp3) is 0.381. The fourth-order valence-electron chi connectivity index (χ4n) is 2.58. The van der Waals surface area contributed by atoms with Crippen LogP contribution in [0.1, 0.15) is 49.3 Å². The van der Waals surface area contributed by atoms with E-state index in [1.807, 2.05) is 6.07 Å². The Morgan fingerprint density at radius 2 is 1.57 bits per heavy atom. The number of carbonyl (C=O) groups excluding carboxylic acids is 1. The zero-order valence-corrected chi connectivity index (χ0v) is 14.2. The Hall–Kier alpha value is -2.09. The number of carbonyl (C=O) groups is 1. The molecule has 0 unspecified atom stereocenters. The van der Waals surface area contributed by atoms with Gasteiger partial charge in [0.15, 0.2) is 0 Å². The highest BCUT2D eigenvalue weighted by Gasteiger charge is 2.03. The molecule has 2 nitrogen and oxygen atoms in total.